The van der Waals surface area contributed by atoms with E-state index in [1.54, 1.807) is 0 Å². The van der Waals surface area contributed by atoms with Crippen LogP contribution in [0.15, 0.2) is 0 Å². The van der Waals surface area contributed by atoms with Gasteiger partial charge in [0.1, 0.15) is 0 Å². The molecule has 1 rings (SSSR count). The van der Waals surface area contributed by atoms with E-state index in [2.05, 4.69) is 13.8 Å². The molecule has 0 N–H and O–H groups in total. The molecule has 1 saturated heterocycles. The lowest BCUT2D eigenvalue weighted by molar-refractivity contribution is -0.146. The molecule has 1 fully saturated rings. The average Bonchev–Trinajstić information content (AvgIpc) is 2.59. The molecule has 4 heteroatoms. The maximum Gasteiger partial charge on any atom is 0.222 e. The Labute approximate surface area is 123 Å². The van der Waals surface area contributed by atoms with E-state index in [0.29, 0.717) is 37.4 Å². The van der Waals surface area contributed by atoms with Gasteiger partial charge in [-0.05, 0) is 38.5 Å². The Kier molecular flexibility index (Phi) is 8.15. The van der Waals surface area contributed by atoms with Gasteiger partial charge in [0, 0.05) is 39.1 Å². The zero-order chi connectivity index (χ0) is 15.0. The zero-order valence-electron chi connectivity index (χ0n) is 13.6. The summed E-state index contributed by atoms with van der Waals surface area (Å²) in [6, 6.07) is 0. The molecule has 0 aromatic rings. The van der Waals surface area contributed by atoms with Crippen LogP contribution in [0.1, 0.15) is 53.4 Å². The molecule has 1 atom stereocenters. The standard InChI is InChI=1S/C16H31NO3/c1-5-19-16(20-6-2)10-12-17-11-9-14(13(3)4)7-8-15(17)18/h13-14,16H,5-12H2,1-4H3. The van der Waals surface area contributed by atoms with Crippen LogP contribution in [0.4, 0.5) is 0 Å². The number of amides is 1. The Morgan fingerprint density at radius 2 is 1.85 bits per heavy atom. The Hall–Kier alpha value is -0.610. The molecule has 20 heavy (non-hydrogen) atoms. The quantitative estimate of drug-likeness (QED) is 0.643. The molecule has 1 amide bonds. The highest BCUT2D eigenvalue weighted by Gasteiger charge is 2.24. The van der Waals surface area contributed by atoms with Crippen molar-refractivity contribution in [3.63, 3.8) is 0 Å². The first kappa shape index (κ1) is 17.4. The molecule has 1 heterocycles. The number of likely N-dealkylation sites (tertiary alicyclic amines) is 1. The highest BCUT2D eigenvalue weighted by molar-refractivity contribution is 5.76. The van der Waals surface area contributed by atoms with Gasteiger partial charge < -0.3 is 14.4 Å². The lowest BCUT2D eigenvalue weighted by Gasteiger charge is -2.24. The van der Waals surface area contributed by atoms with Crippen molar-refractivity contribution < 1.29 is 14.3 Å². The first-order valence-corrected chi connectivity index (χ1v) is 8.09. The predicted molar refractivity (Wildman–Crippen MR) is 80.4 cm³/mol. The van der Waals surface area contributed by atoms with Gasteiger partial charge in [0.05, 0.1) is 0 Å². The van der Waals surface area contributed by atoms with Crippen molar-refractivity contribution in [1.29, 1.82) is 0 Å². The summed E-state index contributed by atoms with van der Waals surface area (Å²) in [5, 5.41) is 0. The number of nitrogens with zero attached hydrogens (tertiary/aromatic N) is 1. The fourth-order valence-electron chi connectivity index (χ4n) is 2.81. The summed E-state index contributed by atoms with van der Waals surface area (Å²) in [6.45, 7) is 11.4. The van der Waals surface area contributed by atoms with Gasteiger partial charge in [0.2, 0.25) is 5.91 Å². The van der Waals surface area contributed by atoms with Crippen LogP contribution in [-0.4, -0.2) is 43.4 Å². The summed E-state index contributed by atoms with van der Waals surface area (Å²) in [4.78, 5) is 14.1. The average molecular weight is 285 g/mol. The van der Waals surface area contributed by atoms with Crippen LogP contribution in [0.2, 0.25) is 0 Å². The maximum absolute atomic E-state index is 12.2. The van der Waals surface area contributed by atoms with Crippen molar-refractivity contribution in [3.8, 4) is 0 Å². The van der Waals surface area contributed by atoms with Crippen molar-refractivity contribution in [2.75, 3.05) is 26.3 Å². The molecule has 1 aliphatic rings. The SMILES string of the molecule is CCOC(CCN1CCC(C(C)C)CCC1=O)OCC. The van der Waals surface area contributed by atoms with Gasteiger partial charge in [0.25, 0.3) is 0 Å². The molecule has 4 nitrogen and oxygen atoms in total. The van der Waals surface area contributed by atoms with Crippen LogP contribution in [0.25, 0.3) is 0 Å². The zero-order valence-corrected chi connectivity index (χ0v) is 13.6. The summed E-state index contributed by atoms with van der Waals surface area (Å²) in [7, 11) is 0. The normalized spacial score (nSPS) is 20.8. The van der Waals surface area contributed by atoms with Crippen LogP contribution in [0.3, 0.4) is 0 Å². The number of rotatable bonds is 8. The predicted octanol–water partition coefficient (Wildman–Crippen LogP) is 3.06. The Morgan fingerprint density at radius 3 is 2.40 bits per heavy atom. The summed E-state index contributed by atoms with van der Waals surface area (Å²) in [6.07, 6.45) is 3.43. The van der Waals surface area contributed by atoms with E-state index in [-0.39, 0.29) is 6.29 Å². The van der Waals surface area contributed by atoms with Gasteiger partial charge in [-0.3, -0.25) is 4.79 Å². The van der Waals surface area contributed by atoms with Crippen molar-refractivity contribution in [3.05, 3.63) is 0 Å². The lowest BCUT2D eigenvalue weighted by atomic mass is 9.89. The first-order valence-electron chi connectivity index (χ1n) is 8.09. The third-order valence-corrected chi connectivity index (χ3v) is 4.13. The van der Waals surface area contributed by atoms with Gasteiger partial charge in [-0.2, -0.15) is 0 Å². The topological polar surface area (TPSA) is 38.8 Å². The monoisotopic (exact) mass is 285 g/mol. The summed E-state index contributed by atoms with van der Waals surface area (Å²) in [5.74, 6) is 1.64. The van der Waals surface area contributed by atoms with Gasteiger partial charge in [-0.1, -0.05) is 13.8 Å². The van der Waals surface area contributed by atoms with Crippen molar-refractivity contribution >= 4 is 5.91 Å². The second-order valence-corrected chi connectivity index (χ2v) is 5.84. The van der Waals surface area contributed by atoms with E-state index in [1.807, 2.05) is 18.7 Å². The smallest absolute Gasteiger partial charge is 0.222 e. The molecule has 0 saturated carbocycles. The molecule has 0 spiro atoms. The second kappa shape index (κ2) is 9.35. The molecular formula is C16H31NO3. The van der Waals surface area contributed by atoms with Crippen LogP contribution in [-0.2, 0) is 14.3 Å². The molecule has 0 radical (unpaired) electrons. The van der Waals surface area contributed by atoms with Crippen molar-refractivity contribution in [2.24, 2.45) is 11.8 Å². The van der Waals surface area contributed by atoms with E-state index in [1.165, 1.54) is 0 Å². The van der Waals surface area contributed by atoms with Crippen LogP contribution >= 0.6 is 0 Å². The van der Waals surface area contributed by atoms with Gasteiger partial charge in [0.15, 0.2) is 6.29 Å². The molecule has 0 aromatic heterocycles. The van der Waals surface area contributed by atoms with Crippen LogP contribution in [0.5, 0.6) is 0 Å². The minimum Gasteiger partial charge on any atom is -0.353 e. The van der Waals surface area contributed by atoms with E-state index < -0.39 is 0 Å². The van der Waals surface area contributed by atoms with E-state index in [9.17, 15) is 4.79 Å². The summed E-state index contributed by atoms with van der Waals surface area (Å²) >= 11 is 0. The van der Waals surface area contributed by atoms with Gasteiger partial charge >= 0.3 is 0 Å². The molecule has 0 aliphatic carbocycles. The first-order chi connectivity index (χ1) is 9.58. The highest BCUT2D eigenvalue weighted by Crippen LogP contribution is 2.25. The van der Waals surface area contributed by atoms with Gasteiger partial charge in [-0.15, -0.1) is 0 Å². The van der Waals surface area contributed by atoms with E-state index in [0.717, 1.165) is 32.4 Å². The highest BCUT2D eigenvalue weighted by atomic mass is 16.7. The number of hydrogen-bond acceptors (Lipinski definition) is 3. The largest absolute Gasteiger partial charge is 0.353 e. The van der Waals surface area contributed by atoms with Gasteiger partial charge in [-0.25, -0.2) is 0 Å². The minimum atomic E-state index is -0.179. The Bertz CT molecular complexity index is 275. The maximum atomic E-state index is 12.2. The second-order valence-electron chi connectivity index (χ2n) is 5.84. The van der Waals surface area contributed by atoms with E-state index in [4.69, 9.17) is 9.47 Å². The van der Waals surface area contributed by atoms with Crippen molar-refractivity contribution in [2.45, 2.75) is 59.7 Å². The molecule has 1 aliphatic heterocycles. The molecule has 0 aromatic carbocycles. The number of carbonyl (C=O) groups is 1. The Balaban J connectivity index is 2.43. The van der Waals surface area contributed by atoms with Crippen LogP contribution in [0, 0.1) is 11.8 Å². The number of carbonyl (C=O) groups excluding carboxylic acids is 1. The molecule has 118 valence electrons. The molecule has 1 unspecified atom stereocenters. The Morgan fingerprint density at radius 1 is 1.20 bits per heavy atom. The van der Waals surface area contributed by atoms with E-state index >= 15 is 0 Å². The number of ether oxygens (including phenoxy) is 2. The third kappa shape index (κ3) is 5.80. The fraction of sp³-hybridized carbons (Fsp3) is 0.938. The summed E-state index contributed by atoms with van der Waals surface area (Å²) < 4.78 is 11.1. The number of hydrogen-bond donors (Lipinski definition) is 0. The minimum absolute atomic E-state index is 0.179. The molecule has 0 bridgehead atoms. The molecular weight excluding hydrogens is 254 g/mol. The lowest BCUT2D eigenvalue weighted by Crippen LogP contribution is -2.34. The van der Waals surface area contributed by atoms with Crippen molar-refractivity contribution in [1.82, 2.24) is 4.90 Å². The van der Waals surface area contributed by atoms with Crippen LogP contribution < -0.4 is 0 Å². The third-order valence-electron chi connectivity index (χ3n) is 4.13. The fourth-order valence-corrected chi connectivity index (χ4v) is 2.81. The summed E-state index contributed by atoms with van der Waals surface area (Å²) in [5.41, 5.74) is 0.